The lowest BCUT2D eigenvalue weighted by molar-refractivity contribution is 0.119. The predicted molar refractivity (Wildman–Crippen MR) is 58.6 cm³/mol. The second kappa shape index (κ2) is 6.42. The first-order valence-corrected chi connectivity index (χ1v) is 5.32. The molecule has 0 fully saturated rings. The van der Waals surface area contributed by atoms with Crippen LogP contribution in [0.25, 0.3) is 0 Å². The quantitative estimate of drug-likeness (QED) is 0.573. The summed E-state index contributed by atoms with van der Waals surface area (Å²) in [5.41, 5.74) is 0.450. The van der Waals surface area contributed by atoms with Gasteiger partial charge in [0.15, 0.2) is 0 Å². The van der Waals surface area contributed by atoms with E-state index >= 15 is 0 Å². The Kier molecular flexibility index (Phi) is 6.40. The number of rotatable bonds is 6. The van der Waals surface area contributed by atoms with Crippen LogP contribution in [0.2, 0.25) is 0 Å². The molecule has 13 heavy (non-hydrogen) atoms. The van der Waals surface area contributed by atoms with E-state index < -0.39 is 0 Å². The average Bonchev–Trinajstić information content (AvgIpc) is 1.94. The molecule has 0 saturated heterocycles. The minimum atomic E-state index is 0.450. The molecule has 0 rings (SSSR count). The molecule has 0 aromatic carbocycles. The largest absolute Gasteiger partial charge is 0.381 e. The van der Waals surface area contributed by atoms with Crippen LogP contribution in [-0.4, -0.2) is 13.2 Å². The minimum absolute atomic E-state index is 0.450. The molecule has 1 atom stereocenters. The number of hydrogen-bond acceptors (Lipinski definition) is 1. The number of hydrogen-bond donors (Lipinski definition) is 0. The van der Waals surface area contributed by atoms with Crippen LogP contribution in [0.5, 0.6) is 0 Å². The maximum absolute atomic E-state index is 5.41. The van der Waals surface area contributed by atoms with E-state index in [1.165, 1.54) is 12.8 Å². The summed E-state index contributed by atoms with van der Waals surface area (Å²) in [6.07, 6.45) is 3.34. The Bertz CT molecular complexity index is 113. The normalized spacial score (nSPS) is 14.5. The van der Waals surface area contributed by atoms with Crippen molar-refractivity contribution in [1.82, 2.24) is 0 Å². The Hall–Kier alpha value is -0.0400. The third kappa shape index (κ3) is 9.88. The van der Waals surface area contributed by atoms with Gasteiger partial charge in [-0.15, -0.1) is 0 Å². The maximum Gasteiger partial charge on any atom is 0.0468 e. The van der Waals surface area contributed by atoms with E-state index in [4.69, 9.17) is 4.74 Å². The van der Waals surface area contributed by atoms with E-state index in [1.54, 1.807) is 0 Å². The smallest absolute Gasteiger partial charge is 0.0468 e. The summed E-state index contributed by atoms with van der Waals surface area (Å²) in [7, 11) is 0. The second-order valence-electron chi connectivity index (χ2n) is 5.12. The van der Waals surface area contributed by atoms with Crippen LogP contribution in [-0.2, 0) is 4.74 Å². The van der Waals surface area contributed by atoms with Crippen molar-refractivity contribution in [2.24, 2.45) is 11.3 Å². The Morgan fingerprint density at radius 2 is 1.85 bits per heavy atom. The molecule has 0 saturated carbocycles. The molecule has 0 heterocycles. The highest BCUT2D eigenvalue weighted by molar-refractivity contribution is 4.66. The van der Waals surface area contributed by atoms with Gasteiger partial charge in [0.05, 0.1) is 0 Å². The van der Waals surface area contributed by atoms with Crippen LogP contribution in [0.1, 0.15) is 47.0 Å². The molecule has 0 spiro atoms. The molecule has 0 bridgehead atoms. The predicted octanol–water partition coefficient (Wildman–Crippen LogP) is 3.69. The van der Waals surface area contributed by atoms with Gasteiger partial charge in [0, 0.05) is 13.2 Å². The van der Waals surface area contributed by atoms with Gasteiger partial charge >= 0.3 is 0 Å². The molecule has 1 heteroatoms. The summed E-state index contributed by atoms with van der Waals surface area (Å²) < 4.78 is 5.41. The van der Waals surface area contributed by atoms with Gasteiger partial charge in [-0.25, -0.2) is 0 Å². The van der Waals surface area contributed by atoms with Gasteiger partial charge < -0.3 is 4.74 Å². The van der Waals surface area contributed by atoms with Gasteiger partial charge in [0.2, 0.25) is 0 Å². The Morgan fingerprint density at radius 1 is 1.23 bits per heavy atom. The Balaban J connectivity index is 3.35. The van der Waals surface area contributed by atoms with Gasteiger partial charge in [0.25, 0.3) is 0 Å². The molecule has 0 N–H and O–H groups in total. The topological polar surface area (TPSA) is 9.23 Å². The van der Waals surface area contributed by atoms with Gasteiger partial charge in [-0.1, -0.05) is 34.6 Å². The second-order valence-corrected chi connectivity index (χ2v) is 5.12. The zero-order chi connectivity index (χ0) is 10.3. The van der Waals surface area contributed by atoms with Crippen LogP contribution >= 0.6 is 0 Å². The third-order valence-electron chi connectivity index (χ3n) is 2.00. The molecule has 0 aromatic rings. The van der Waals surface area contributed by atoms with Crippen molar-refractivity contribution in [3.05, 3.63) is 6.92 Å². The zero-order valence-electron chi connectivity index (χ0n) is 9.73. The third-order valence-corrected chi connectivity index (χ3v) is 2.00. The minimum Gasteiger partial charge on any atom is -0.381 e. The Morgan fingerprint density at radius 3 is 2.31 bits per heavy atom. The van der Waals surface area contributed by atoms with Gasteiger partial charge in [0.1, 0.15) is 0 Å². The van der Waals surface area contributed by atoms with Gasteiger partial charge in [-0.3, -0.25) is 0 Å². The fourth-order valence-electron chi connectivity index (χ4n) is 1.64. The van der Waals surface area contributed by atoms with Gasteiger partial charge in [-0.05, 0) is 30.6 Å². The molecule has 0 aliphatic carbocycles. The van der Waals surface area contributed by atoms with Crippen molar-refractivity contribution < 1.29 is 4.74 Å². The van der Waals surface area contributed by atoms with Crippen LogP contribution in [0, 0.1) is 18.3 Å². The SMILES string of the molecule is [CH2]CCOCCC(C)CC(C)(C)C. The molecule has 1 unspecified atom stereocenters. The average molecular weight is 185 g/mol. The first kappa shape index (κ1) is 13.0. The number of ether oxygens (including phenoxy) is 1. The lowest BCUT2D eigenvalue weighted by Crippen LogP contribution is -2.12. The van der Waals surface area contributed by atoms with E-state index in [0.29, 0.717) is 5.41 Å². The molecule has 1 nitrogen and oxygen atoms in total. The van der Waals surface area contributed by atoms with Crippen molar-refractivity contribution in [3.8, 4) is 0 Å². The van der Waals surface area contributed by atoms with E-state index in [9.17, 15) is 0 Å². The Labute approximate surface area is 83.9 Å². The van der Waals surface area contributed by atoms with E-state index in [-0.39, 0.29) is 0 Å². The summed E-state index contributed by atoms with van der Waals surface area (Å²) in [5, 5.41) is 0. The van der Waals surface area contributed by atoms with Crippen molar-refractivity contribution in [3.63, 3.8) is 0 Å². The summed E-state index contributed by atoms with van der Waals surface area (Å²) in [4.78, 5) is 0. The molecular formula is C12H25O. The highest BCUT2D eigenvalue weighted by Crippen LogP contribution is 2.25. The monoisotopic (exact) mass is 185 g/mol. The standard InChI is InChI=1S/C12H25O/c1-6-8-13-9-7-11(2)10-12(3,4)5/h11H,1,6-10H2,2-5H3. The summed E-state index contributed by atoms with van der Waals surface area (Å²) in [5.74, 6) is 0.768. The molecule has 0 aromatic heterocycles. The van der Waals surface area contributed by atoms with Crippen LogP contribution in [0.15, 0.2) is 0 Å². The summed E-state index contributed by atoms with van der Waals surface area (Å²) in [6, 6.07) is 0. The first-order valence-electron chi connectivity index (χ1n) is 5.32. The van der Waals surface area contributed by atoms with Gasteiger partial charge in [-0.2, -0.15) is 0 Å². The van der Waals surface area contributed by atoms with Crippen molar-refractivity contribution >= 4 is 0 Å². The first-order chi connectivity index (χ1) is 5.95. The molecule has 1 radical (unpaired) electrons. The van der Waals surface area contributed by atoms with E-state index in [1.807, 2.05) is 0 Å². The summed E-state index contributed by atoms with van der Waals surface area (Å²) in [6.45, 7) is 14.6. The maximum atomic E-state index is 5.41. The van der Waals surface area contributed by atoms with Crippen LogP contribution in [0.3, 0.4) is 0 Å². The lowest BCUT2D eigenvalue weighted by atomic mass is 9.84. The zero-order valence-corrected chi connectivity index (χ0v) is 9.73. The molecule has 0 aliphatic rings. The van der Waals surface area contributed by atoms with Crippen LogP contribution < -0.4 is 0 Å². The highest BCUT2D eigenvalue weighted by atomic mass is 16.5. The highest BCUT2D eigenvalue weighted by Gasteiger charge is 2.14. The fourth-order valence-corrected chi connectivity index (χ4v) is 1.64. The van der Waals surface area contributed by atoms with Crippen molar-refractivity contribution in [2.45, 2.75) is 47.0 Å². The van der Waals surface area contributed by atoms with E-state index in [0.717, 1.165) is 25.6 Å². The summed E-state index contributed by atoms with van der Waals surface area (Å²) >= 11 is 0. The molecule has 0 aliphatic heterocycles. The van der Waals surface area contributed by atoms with Crippen molar-refractivity contribution in [2.75, 3.05) is 13.2 Å². The molecule has 0 amide bonds. The van der Waals surface area contributed by atoms with E-state index in [2.05, 4.69) is 34.6 Å². The fraction of sp³-hybridized carbons (Fsp3) is 0.917. The lowest BCUT2D eigenvalue weighted by Gasteiger charge is -2.23. The molecular weight excluding hydrogens is 160 g/mol. The van der Waals surface area contributed by atoms with Crippen LogP contribution in [0.4, 0.5) is 0 Å². The molecule has 79 valence electrons. The van der Waals surface area contributed by atoms with Crippen molar-refractivity contribution in [1.29, 1.82) is 0 Å².